The molecule has 0 aliphatic heterocycles. The Balaban J connectivity index is 1.59. The van der Waals surface area contributed by atoms with E-state index in [0.717, 1.165) is 0 Å². The minimum Gasteiger partial charge on any atom is -0.488 e. The summed E-state index contributed by atoms with van der Waals surface area (Å²) < 4.78 is 6.80. The summed E-state index contributed by atoms with van der Waals surface area (Å²) in [7, 11) is -1.86. The molecule has 2 aliphatic rings. The summed E-state index contributed by atoms with van der Waals surface area (Å²) in [6, 6.07) is 25.3. The highest BCUT2D eigenvalue weighted by atomic mass is 28.3. The predicted molar refractivity (Wildman–Crippen MR) is 153 cm³/mol. The fourth-order valence-electron chi connectivity index (χ4n) is 6.72. The van der Waals surface area contributed by atoms with E-state index in [-0.39, 0.29) is 11.0 Å². The largest absolute Gasteiger partial charge is 0.488 e. The SMILES string of the molecule is CC(C)(C)Oc1c(C(C)(C)C)cccc1[Si](C)(C)C1CC2c3ccccc3-c3ccccc3C2C1. The zero-order chi connectivity index (χ0) is 25.2. The van der Waals surface area contributed by atoms with Gasteiger partial charge in [0.2, 0.25) is 0 Å². The van der Waals surface area contributed by atoms with Gasteiger partial charge in [0.15, 0.2) is 0 Å². The van der Waals surface area contributed by atoms with Crippen LogP contribution in [0.1, 0.15) is 82.9 Å². The van der Waals surface area contributed by atoms with Crippen LogP contribution in [0, 0.1) is 0 Å². The Kier molecular flexibility index (Phi) is 5.83. The molecule has 5 rings (SSSR count). The van der Waals surface area contributed by atoms with Crippen molar-refractivity contribution in [3.8, 4) is 16.9 Å². The molecule has 1 nitrogen and oxygen atoms in total. The van der Waals surface area contributed by atoms with Crippen LogP contribution in [-0.4, -0.2) is 13.7 Å². The molecule has 0 bridgehead atoms. The highest BCUT2D eigenvalue weighted by molar-refractivity contribution is 6.91. The smallest absolute Gasteiger partial charge is 0.123 e. The van der Waals surface area contributed by atoms with Crippen LogP contribution in [0.2, 0.25) is 18.6 Å². The van der Waals surface area contributed by atoms with Gasteiger partial charge in [0.25, 0.3) is 0 Å². The molecule has 0 saturated heterocycles. The van der Waals surface area contributed by atoms with Gasteiger partial charge < -0.3 is 4.74 Å². The monoisotopic (exact) mass is 482 g/mol. The van der Waals surface area contributed by atoms with Crippen molar-refractivity contribution >= 4 is 13.3 Å². The molecule has 0 heterocycles. The Hall–Kier alpha value is -2.32. The second kappa shape index (κ2) is 8.37. The zero-order valence-corrected chi connectivity index (χ0v) is 23.9. The first-order valence-corrected chi connectivity index (χ1v) is 16.5. The first-order valence-electron chi connectivity index (χ1n) is 13.4. The van der Waals surface area contributed by atoms with E-state index < -0.39 is 8.07 Å². The van der Waals surface area contributed by atoms with Gasteiger partial charge in [-0.3, -0.25) is 0 Å². The standard InChI is InChI=1S/C33H42OSi/c1-32(2,3)29-18-13-19-30(31(29)34-33(4,5)6)35(7,8)22-20-27-25-16-11-9-14-23(25)24-15-10-12-17-26(24)28(27)21-22/h9-19,22,27-28H,20-21H2,1-8H3. The Morgan fingerprint density at radius 1 is 0.686 bits per heavy atom. The molecule has 184 valence electrons. The van der Waals surface area contributed by atoms with Crippen molar-refractivity contribution in [2.24, 2.45) is 0 Å². The third-order valence-corrected chi connectivity index (χ3v) is 12.8. The van der Waals surface area contributed by atoms with Gasteiger partial charge in [-0.05, 0) is 89.4 Å². The van der Waals surface area contributed by atoms with Crippen LogP contribution in [-0.2, 0) is 5.41 Å². The summed E-state index contributed by atoms with van der Waals surface area (Å²) in [5, 5.41) is 1.50. The molecule has 2 atom stereocenters. The fourth-order valence-corrected chi connectivity index (χ4v) is 10.1. The van der Waals surface area contributed by atoms with E-state index >= 15 is 0 Å². The molecule has 1 fully saturated rings. The second-order valence-corrected chi connectivity index (χ2v) is 18.2. The summed E-state index contributed by atoms with van der Waals surface area (Å²) in [6.07, 6.45) is 2.56. The van der Waals surface area contributed by atoms with E-state index in [1.54, 1.807) is 11.1 Å². The number of hydrogen-bond acceptors (Lipinski definition) is 1. The molecule has 0 amide bonds. The van der Waals surface area contributed by atoms with E-state index in [4.69, 9.17) is 4.74 Å². The highest BCUT2D eigenvalue weighted by Crippen LogP contribution is 2.60. The number of rotatable bonds is 3. The zero-order valence-electron chi connectivity index (χ0n) is 22.9. The summed E-state index contributed by atoms with van der Waals surface area (Å²) in [5.41, 5.74) is 7.93. The van der Waals surface area contributed by atoms with E-state index in [0.29, 0.717) is 17.4 Å². The van der Waals surface area contributed by atoms with Crippen LogP contribution in [0.15, 0.2) is 66.7 Å². The maximum atomic E-state index is 6.80. The van der Waals surface area contributed by atoms with E-state index in [9.17, 15) is 0 Å². The lowest BCUT2D eigenvalue weighted by atomic mass is 9.73. The van der Waals surface area contributed by atoms with Crippen molar-refractivity contribution < 1.29 is 4.74 Å². The lowest BCUT2D eigenvalue weighted by Crippen LogP contribution is -2.47. The van der Waals surface area contributed by atoms with Crippen molar-refractivity contribution in [3.63, 3.8) is 0 Å². The van der Waals surface area contributed by atoms with Gasteiger partial charge in [-0.2, -0.15) is 0 Å². The maximum absolute atomic E-state index is 6.80. The first-order chi connectivity index (χ1) is 16.4. The normalized spacial score (nSPS) is 21.8. The minimum absolute atomic E-state index is 0.0443. The summed E-state index contributed by atoms with van der Waals surface area (Å²) in [5.74, 6) is 2.41. The fraction of sp³-hybridized carbons (Fsp3) is 0.455. The van der Waals surface area contributed by atoms with Gasteiger partial charge in [0, 0.05) is 0 Å². The van der Waals surface area contributed by atoms with Crippen LogP contribution in [0.5, 0.6) is 5.75 Å². The van der Waals surface area contributed by atoms with Gasteiger partial charge in [-0.1, -0.05) is 101 Å². The predicted octanol–water partition coefficient (Wildman–Crippen LogP) is 8.79. The van der Waals surface area contributed by atoms with Crippen LogP contribution < -0.4 is 9.92 Å². The molecule has 1 saturated carbocycles. The van der Waals surface area contributed by atoms with Gasteiger partial charge >= 0.3 is 0 Å². The molecule has 2 heteroatoms. The molecule has 0 aromatic heterocycles. The molecule has 0 N–H and O–H groups in total. The van der Waals surface area contributed by atoms with E-state index in [1.165, 1.54) is 40.5 Å². The molecular weight excluding hydrogens is 440 g/mol. The van der Waals surface area contributed by atoms with E-state index in [1.807, 2.05) is 0 Å². The third-order valence-electron chi connectivity index (χ3n) is 8.52. The van der Waals surface area contributed by atoms with E-state index in [2.05, 4.69) is 121 Å². The average Bonchev–Trinajstić information content (AvgIpc) is 3.24. The summed E-state index contributed by atoms with van der Waals surface area (Å²) in [4.78, 5) is 0. The van der Waals surface area contributed by atoms with Gasteiger partial charge in [-0.25, -0.2) is 0 Å². The Morgan fingerprint density at radius 3 is 1.69 bits per heavy atom. The average molecular weight is 483 g/mol. The number of hydrogen-bond donors (Lipinski definition) is 0. The second-order valence-electron chi connectivity index (χ2n) is 13.4. The number of fused-ring (bicyclic) bond motifs is 6. The Morgan fingerprint density at radius 2 is 1.20 bits per heavy atom. The van der Waals surface area contributed by atoms with Crippen molar-refractivity contribution in [2.45, 2.75) is 95.9 Å². The Bertz CT molecular complexity index is 1190. The molecule has 3 aromatic rings. The van der Waals surface area contributed by atoms with Gasteiger partial charge in [0.05, 0.1) is 8.07 Å². The van der Waals surface area contributed by atoms with Gasteiger partial charge in [-0.15, -0.1) is 0 Å². The topological polar surface area (TPSA) is 9.23 Å². The number of benzene rings is 3. The molecule has 0 radical (unpaired) electrons. The lowest BCUT2D eigenvalue weighted by molar-refractivity contribution is 0.129. The number of ether oxygens (including phenoxy) is 1. The summed E-state index contributed by atoms with van der Waals surface area (Å²) >= 11 is 0. The van der Waals surface area contributed by atoms with Crippen LogP contribution in [0.4, 0.5) is 0 Å². The third kappa shape index (κ3) is 4.29. The number of para-hydroxylation sites is 1. The lowest BCUT2D eigenvalue weighted by Gasteiger charge is -2.37. The van der Waals surface area contributed by atoms with Crippen molar-refractivity contribution in [1.82, 2.24) is 0 Å². The quantitative estimate of drug-likeness (QED) is 0.339. The van der Waals surface area contributed by atoms with Gasteiger partial charge in [0.1, 0.15) is 11.4 Å². The van der Waals surface area contributed by atoms with Crippen molar-refractivity contribution in [3.05, 3.63) is 83.4 Å². The highest BCUT2D eigenvalue weighted by Gasteiger charge is 2.48. The minimum atomic E-state index is -1.86. The molecular formula is C33H42OSi. The van der Waals surface area contributed by atoms with Crippen LogP contribution >= 0.6 is 0 Å². The molecule has 0 spiro atoms. The first kappa shape index (κ1) is 24.4. The van der Waals surface area contributed by atoms with Crippen molar-refractivity contribution in [2.75, 3.05) is 0 Å². The summed E-state index contributed by atoms with van der Waals surface area (Å²) in [6.45, 7) is 18.7. The van der Waals surface area contributed by atoms with Crippen molar-refractivity contribution in [1.29, 1.82) is 0 Å². The molecule has 2 aliphatic carbocycles. The molecule has 35 heavy (non-hydrogen) atoms. The van der Waals surface area contributed by atoms with Crippen LogP contribution in [0.3, 0.4) is 0 Å². The molecule has 3 aromatic carbocycles. The Labute approximate surface area is 214 Å². The molecule has 2 unspecified atom stereocenters. The van der Waals surface area contributed by atoms with Crippen LogP contribution in [0.25, 0.3) is 11.1 Å². The maximum Gasteiger partial charge on any atom is 0.123 e.